The highest BCUT2D eigenvalue weighted by Gasteiger charge is 2.34. The van der Waals surface area contributed by atoms with E-state index in [1.54, 1.807) is 0 Å². The maximum atomic E-state index is 12.3. The molecule has 0 saturated carbocycles. The van der Waals surface area contributed by atoms with Gasteiger partial charge in [-0.1, -0.05) is 23.2 Å². The first-order chi connectivity index (χ1) is 16.0. The van der Waals surface area contributed by atoms with Crippen molar-refractivity contribution in [3.63, 3.8) is 0 Å². The van der Waals surface area contributed by atoms with E-state index in [9.17, 15) is 19.8 Å². The summed E-state index contributed by atoms with van der Waals surface area (Å²) in [4.78, 5) is 27.1. The number of rotatable bonds is 5. The van der Waals surface area contributed by atoms with Crippen LogP contribution in [0.25, 0.3) is 5.57 Å². The lowest BCUT2D eigenvalue weighted by Crippen LogP contribution is -3.09. The van der Waals surface area contributed by atoms with Crippen LogP contribution in [0.1, 0.15) is 31.8 Å². The fraction of sp³-hybridized carbons (Fsp3) is 0.200. The first kappa shape index (κ1) is 23.9. The molecule has 0 bridgehead atoms. The third-order valence-electron chi connectivity index (χ3n) is 5.88. The van der Waals surface area contributed by atoms with Gasteiger partial charge in [0.25, 0.3) is 0 Å². The summed E-state index contributed by atoms with van der Waals surface area (Å²) in [6, 6.07) is 6.82. The van der Waals surface area contributed by atoms with Gasteiger partial charge in [0.15, 0.2) is 0 Å². The Labute approximate surface area is 206 Å². The standard InChI is InChI=1S/C25H22Cl2N2O5/c1-28(2)12-5-7-14-18(9-12)34-19-10-13(29(3)4)6-8-15(19)20(14)21-17(26)11-16(24(30)31)23(27)22(21)25(32)33/h5-12H,1-4H3,(H,30,31)(H,32,33)/p+1. The molecule has 9 heteroatoms. The Balaban J connectivity index is 2.10. The monoisotopic (exact) mass is 501 g/mol. The number of aromatic carboxylic acids is 2. The van der Waals surface area contributed by atoms with Crippen molar-refractivity contribution in [3.05, 3.63) is 86.1 Å². The number of carboxylic acid groups (broad SMARTS) is 2. The van der Waals surface area contributed by atoms with Crippen LogP contribution in [-0.2, 0) is 0 Å². The predicted molar refractivity (Wildman–Crippen MR) is 132 cm³/mol. The van der Waals surface area contributed by atoms with Crippen molar-refractivity contribution >= 4 is 46.4 Å². The van der Waals surface area contributed by atoms with Crippen molar-refractivity contribution in [1.82, 2.24) is 0 Å². The van der Waals surface area contributed by atoms with Crippen molar-refractivity contribution in [3.8, 4) is 5.75 Å². The molecule has 2 aromatic carbocycles. The van der Waals surface area contributed by atoms with E-state index in [1.807, 2.05) is 69.5 Å². The lowest BCUT2D eigenvalue weighted by atomic mass is 9.84. The molecule has 34 heavy (non-hydrogen) atoms. The number of halogens is 2. The van der Waals surface area contributed by atoms with E-state index in [4.69, 9.17) is 27.9 Å². The van der Waals surface area contributed by atoms with Gasteiger partial charge in [0, 0.05) is 54.2 Å². The normalized spacial score (nSPS) is 16.6. The van der Waals surface area contributed by atoms with E-state index in [0.717, 1.165) is 5.69 Å². The number of fused-ring (bicyclic) bond motifs is 2. The van der Waals surface area contributed by atoms with Gasteiger partial charge in [-0.05, 0) is 30.4 Å². The molecule has 1 aliphatic heterocycles. The number of anilines is 1. The minimum Gasteiger partial charge on any atom is -0.478 e. The number of nitrogens with zero attached hydrogens (tertiary/aromatic N) is 1. The molecule has 1 aliphatic carbocycles. The highest BCUT2D eigenvalue weighted by atomic mass is 35.5. The average Bonchev–Trinajstić information content (AvgIpc) is 2.77. The maximum Gasteiger partial charge on any atom is 0.337 e. The quantitative estimate of drug-likeness (QED) is 0.579. The fourth-order valence-corrected chi connectivity index (χ4v) is 4.69. The van der Waals surface area contributed by atoms with Crippen LogP contribution in [0, 0.1) is 0 Å². The topological polar surface area (TPSA) is 91.5 Å². The minimum atomic E-state index is -1.38. The third kappa shape index (κ3) is 3.96. The van der Waals surface area contributed by atoms with Crippen molar-refractivity contribution in [2.75, 3.05) is 33.1 Å². The molecular weight excluding hydrogens is 479 g/mol. The molecule has 3 N–H and O–H groups in total. The molecule has 7 nitrogen and oxygen atoms in total. The van der Waals surface area contributed by atoms with Crippen molar-refractivity contribution in [1.29, 1.82) is 0 Å². The van der Waals surface area contributed by atoms with Gasteiger partial charge >= 0.3 is 11.9 Å². The number of ether oxygens (including phenoxy) is 1. The molecule has 1 heterocycles. The summed E-state index contributed by atoms with van der Waals surface area (Å²) < 4.78 is 6.29. The van der Waals surface area contributed by atoms with Crippen LogP contribution in [0.5, 0.6) is 5.75 Å². The average molecular weight is 502 g/mol. The molecule has 1 atom stereocenters. The first-order valence-corrected chi connectivity index (χ1v) is 11.2. The molecular formula is C25H23Cl2N2O5+. The van der Waals surface area contributed by atoms with Gasteiger partial charge in [0.1, 0.15) is 17.6 Å². The zero-order valence-corrected chi connectivity index (χ0v) is 20.5. The highest BCUT2D eigenvalue weighted by molar-refractivity contribution is 6.40. The Bertz CT molecular complexity index is 1330. The van der Waals surface area contributed by atoms with Crippen LogP contribution in [-0.4, -0.2) is 56.4 Å². The Morgan fingerprint density at radius 2 is 1.79 bits per heavy atom. The van der Waals surface area contributed by atoms with Crippen LogP contribution in [0.2, 0.25) is 10.0 Å². The summed E-state index contributed by atoms with van der Waals surface area (Å²) in [7, 11) is 7.86. The number of likely N-dealkylation sites (N-methyl/N-ethyl adjacent to an activating group) is 1. The Morgan fingerprint density at radius 3 is 2.38 bits per heavy atom. The van der Waals surface area contributed by atoms with E-state index in [0.29, 0.717) is 28.2 Å². The molecule has 1 unspecified atom stereocenters. The molecule has 0 amide bonds. The molecule has 0 aromatic heterocycles. The van der Waals surface area contributed by atoms with Crippen LogP contribution < -0.4 is 14.5 Å². The maximum absolute atomic E-state index is 12.3. The number of nitrogens with one attached hydrogen (secondary N) is 1. The van der Waals surface area contributed by atoms with Crippen LogP contribution >= 0.6 is 23.2 Å². The zero-order chi connectivity index (χ0) is 24.9. The smallest absolute Gasteiger partial charge is 0.337 e. The number of hydrogen-bond acceptors (Lipinski definition) is 4. The van der Waals surface area contributed by atoms with Crippen LogP contribution in [0.4, 0.5) is 5.69 Å². The van der Waals surface area contributed by atoms with E-state index in [2.05, 4.69) is 0 Å². The van der Waals surface area contributed by atoms with Gasteiger partial charge in [0.2, 0.25) is 0 Å². The molecule has 2 aromatic rings. The van der Waals surface area contributed by atoms with Gasteiger partial charge in [-0.15, -0.1) is 0 Å². The molecule has 0 spiro atoms. The summed E-state index contributed by atoms with van der Waals surface area (Å²) in [5, 5.41) is 19.2. The molecule has 0 saturated heterocycles. The van der Waals surface area contributed by atoms with E-state index >= 15 is 0 Å². The van der Waals surface area contributed by atoms with Gasteiger partial charge in [-0.25, -0.2) is 9.59 Å². The number of carboxylic acids is 2. The van der Waals surface area contributed by atoms with Crippen molar-refractivity contribution < 1.29 is 29.4 Å². The number of benzene rings is 2. The number of carbonyl (C=O) groups is 2. The largest absolute Gasteiger partial charge is 0.478 e. The van der Waals surface area contributed by atoms with E-state index in [-0.39, 0.29) is 32.8 Å². The van der Waals surface area contributed by atoms with E-state index in [1.165, 1.54) is 11.0 Å². The summed E-state index contributed by atoms with van der Waals surface area (Å²) in [6.45, 7) is 0. The second-order valence-electron chi connectivity index (χ2n) is 8.54. The molecule has 0 radical (unpaired) electrons. The van der Waals surface area contributed by atoms with Crippen molar-refractivity contribution in [2.24, 2.45) is 0 Å². The fourth-order valence-electron chi connectivity index (χ4n) is 4.09. The summed E-state index contributed by atoms with van der Waals surface area (Å²) >= 11 is 12.9. The third-order valence-corrected chi connectivity index (χ3v) is 6.57. The zero-order valence-electron chi connectivity index (χ0n) is 18.9. The highest BCUT2D eigenvalue weighted by Crippen LogP contribution is 2.48. The van der Waals surface area contributed by atoms with E-state index < -0.39 is 11.9 Å². The Morgan fingerprint density at radius 1 is 1.09 bits per heavy atom. The van der Waals surface area contributed by atoms with Gasteiger partial charge in [0.05, 0.1) is 35.3 Å². The summed E-state index contributed by atoms with van der Waals surface area (Å²) in [6.07, 6.45) is 5.85. The first-order valence-electron chi connectivity index (χ1n) is 10.4. The van der Waals surface area contributed by atoms with Crippen LogP contribution in [0.15, 0.2) is 53.8 Å². The second kappa shape index (κ2) is 8.83. The lowest BCUT2D eigenvalue weighted by molar-refractivity contribution is -0.871. The number of allylic oxidation sites excluding steroid dienone is 1. The van der Waals surface area contributed by atoms with Crippen molar-refractivity contribution in [2.45, 2.75) is 6.04 Å². The predicted octanol–water partition coefficient (Wildman–Crippen LogP) is 3.62. The number of hydrogen-bond donors (Lipinski definition) is 3. The van der Waals surface area contributed by atoms with Gasteiger partial charge < -0.3 is 24.7 Å². The van der Waals surface area contributed by atoms with Gasteiger partial charge in [-0.3, -0.25) is 0 Å². The van der Waals surface area contributed by atoms with Crippen LogP contribution in [0.3, 0.4) is 0 Å². The minimum absolute atomic E-state index is 0.0284. The Kier molecular flexibility index (Phi) is 6.20. The molecule has 4 rings (SSSR count). The molecule has 176 valence electrons. The molecule has 0 fully saturated rings. The summed E-state index contributed by atoms with van der Waals surface area (Å²) in [5.74, 6) is -1.64. The Hall–Kier alpha value is -3.26. The lowest BCUT2D eigenvalue weighted by Gasteiger charge is -2.30. The SMILES string of the molecule is CN(C)c1ccc2c(c1)OC1=CC([NH+](C)C)C=CC1=C2c1c(Cl)cc(C(=O)O)c(Cl)c1C(=O)O. The summed E-state index contributed by atoms with van der Waals surface area (Å²) in [5.41, 5.74) is 2.08. The second-order valence-corrected chi connectivity index (χ2v) is 9.32. The molecule has 2 aliphatic rings. The number of quaternary nitrogens is 1. The van der Waals surface area contributed by atoms with Gasteiger partial charge in [-0.2, -0.15) is 0 Å².